The van der Waals surface area contributed by atoms with Gasteiger partial charge in [-0.25, -0.2) is 9.78 Å². The number of benzene rings is 2. The van der Waals surface area contributed by atoms with Gasteiger partial charge in [0.1, 0.15) is 0 Å². The molecule has 0 bridgehead atoms. The Labute approximate surface area is 128 Å². The third kappa shape index (κ3) is 2.90. The summed E-state index contributed by atoms with van der Waals surface area (Å²) in [4.78, 5) is 19.0. The Hall–Kier alpha value is -2.09. The Bertz CT molecular complexity index is 751. The van der Waals surface area contributed by atoms with Crippen molar-refractivity contribution in [3.63, 3.8) is 0 Å². The topological polar surface area (TPSA) is 69.8 Å². The van der Waals surface area contributed by atoms with Gasteiger partial charge in [0.25, 0.3) is 0 Å². The minimum Gasteiger partial charge on any atom is -0.345 e. The third-order valence-electron chi connectivity index (χ3n) is 2.78. The molecule has 0 aliphatic carbocycles. The van der Waals surface area contributed by atoms with Crippen LogP contribution in [0.5, 0.6) is 0 Å². The number of nitrogens with zero attached hydrogens (tertiary/aromatic N) is 1. The van der Waals surface area contributed by atoms with Crippen LogP contribution in [-0.2, 0) is 0 Å². The lowest BCUT2D eigenvalue weighted by molar-refractivity contribution is 0.262. The molecule has 3 rings (SSSR count). The first-order valence-corrected chi connectivity index (χ1v) is 7.05. The number of imidazole rings is 1. The molecule has 0 radical (unpaired) electrons. The van der Waals surface area contributed by atoms with Crippen LogP contribution >= 0.6 is 22.6 Å². The van der Waals surface area contributed by atoms with Gasteiger partial charge < -0.3 is 15.6 Å². The van der Waals surface area contributed by atoms with Crippen LogP contribution in [0.1, 0.15) is 0 Å². The molecule has 0 unspecified atom stereocenters. The quantitative estimate of drug-likeness (QED) is 0.594. The lowest BCUT2D eigenvalue weighted by atomic mass is 10.3. The standard InChI is InChI=1S/C14H11IN4O/c15-9-1-3-10(4-2-9)18-14(20)19-11-5-6-12-13(7-11)17-8-16-12/h1-8H,(H,16,17)(H2,18,19,20). The van der Waals surface area contributed by atoms with Crippen molar-refractivity contribution in [3.05, 3.63) is 52.4 Å². The van der Waals surface area contributed by atoms with E-state index in [9.17, 15) is 4.79 Å². The second-order valence-electron chi connectivity index (χ2n) is 4.22. The molecule has 20 heavy (non-hydrogen) atoms. The number of anilines is 2. The summed E-state index contributed by atoms with van der Waals surface area (Å²) in [5.74, 6) is 0. The van der Waals surface area contributed by atoms with Crippen LogP contribution in [0, 0.1) is 3.57 Å². The van der Waals surface area contributed by atoms with Crippen molar-refractivity contribution >= 4 is 51.0 Å². The van der Waals surface area contributed by atoms with Gasteiger partial charge in [0.15, 0.2) is 0 Å². The van der Waals surface area contributed by atoms with Crippen molar-refractivity contribution in [2.45, 2.75) is 0 Å². The highest BCUT2D eigenvalue weighted by Gasteiger charge is 2.04. The maximum absolute atomic E-state index is 11.9. The molecule has 1 heterocycles. The summed E-state index contributed by atoms with van der Waals surface area (Å²) in [6.07, 6.45) is 1.63. The SMILES string of the molecule is O=C(Nc1ccc(I)cc1)Nc1ccc2nc[nH]c2c1. The molecule has 2 amide bonds. The summed E-state index contributed by atoms with van der Waals surface area (Å²) in [6, 6.07) is 12.8. The van der Waals surface area contributed by atoms with E-state index in [-0.39, 0.29) is 6.03 Å². The highest BCUT2D eigenvalue weighted by molar-refractivity contribution is 14.1. The van der Waals surface area contributed by atoms with Crippen LogP contribution in [0.25, 0.3) is 11.0 Å². The molecular weight excluding hydrogens is 367 g/mol. The molecule has 5 nitrogen and oxygen atoms in total. The number of hydrogen-bond donors (Lipinski definition) is 3. The number of fused-ring (bicyclic) bond motifs is 1. The second-order valence-corrected chi connectivity index (χ2v) is 5.47. The minimum atomic E-state index is -0.273. The van der Waals surface area contributed by atoms with E-state index in [1.807, 2.05) is 42.5 Å². The van der Waals surface area contributed by atoms with E-state index in [0.717, 1.165) is 20.3 Å². The summed E-state index contributed by atoms with van der Waals surface area (Å²) >= 11 is 2.22. The van der Waals surface area contributed by atoms with Gasteiger partial charge in [-0.3, -0.25) is 0 Å². The van der Waals surface area contributed by atoms with E-state index >= 15 is 0 Å². The lowest BCUT2D eigenvalue weighted by Gasteiger charge is -2.07. The molecule has 0 fully saturated rings. The largest absolute Gasteiger partial charge is 0.345 e. The van der Waals surface area contributed by atoms with Crippen molar-refractivity contribution < 1.29 is 4.79 Å². The molecule has 0 spiro atoms. The van der Waals surface area contributed by atoms with Gasteiger partial charge in [-0.2, -0.15) is 0 Å². The van der Waals surface area contributed by atoms with Crippen molar-refractivity contribution in [3.8, 4) is 0 Å². The zero-order valence-electron chi connectivity index (χ0n) is 10.4. The zero-order valence-corrected chi connectivity index (χ0v) is 12.5. The van der Waals surface area contributed by atoms with Gasteiger partial charge in [-0.15, -0.1) is 0 Å². The number of rotatable bonds is 2. The molecule has 0 saturated heterocycles. The Morgan fingerprint density at radius 3 is 2.55 bits per heavy atom. The summed E-state index contributed by atoms with van der Waals surface area (Å²) < 4.78 is 1.12. The average molecular weight is 378 g/mol. The van der Waals surface area contributed by atoms with Gasteiger partial charge >= 0.3 is 6.03 Å². The monoisotopic (exact) mass is 378 g/mol. The highest BCUT2D eigenvalue weighted by Crippen LogP contribution is 2.16. The first kappa shape index (κ1) is 12.9. The number of hydrogen-bond acceptors (Lipinski definition) is 2. The van der Waals surface area contributed by atoms with Crippen LogP contribution < -0.4 is 10.6 Å². The number of nitrogens with one attached hydrogen (secondary N) is 3. The summed E-state index contributed by atoms with van der Waals surface area (Å²) in [5.41, 5.74) is 3.22. The molecule has 6 heteroatoms. The molecule has 0 aliphatic rings. The number of carbonyl (C=O) groups excluding carboxylic acids is 1. The number of aromatic amines is 1. The molecule has 3 N–H and O–H groups in total. The van der Waals surface area contributed by atoms with Gasteiger partial charge in [0, 0.05) is 14.9 Å². The first-order chi connectivity index (χ1) is 9.70. The van der Waals surface area contributed by atoms with E-state index in [1.165, 1.54) is 0 Å². The fourth-order valence-corrected chi connectivity index (χ4v) is 2.20. The first-order valence-electron chi connectivity index (χ1n) is 5.97. The summed E-state index contributed by atoms with van der Waals surface area (Å²) in [5, 5.41) is 5.57. The number of urea groups is 1. The van der Waals surface area contributed by atoms with Crippen LogP contribution in [0.15, 0.2) is 48.8 Å². The van der Waals surface area contributed by atoms with Crippen LogP contribution in [0.3, 0.4) is 0 Å². The third-order valence-corrected chi connectivity index (χ3v) is 3.50. The number of carbonyl (C=O) groups is 1. The van der Waals surface area contributed by atoms with Gasteiger partial charge in [0.05, 0.1) is 17.4 Å². The second kappa shape index (κ2) is 5.49. The highest BCUT2D eigenvalue weighted by atomic mass is 127. The number of H-pyrrole nitrogens is 1. The van der Waals surface area contributed by atoms with Crippen LogP contribution in [0.2, 0.25) is 0 Å². The average Bonchev–Trinajstić information content (AvgIpc) is 2.89. The van der Waals surface area contributed by atoms with E-state index in [1.54, 1.807) is 6.33 Å². The van der Waals surface area contributed by atoms with E-state index in [2.05, 4.69) is 43.2 Å². The zero-order chi connectivity index (χ0) is 13.9. The Balaban J connectivity index is 1.70. The van der Waals surface area contributed by atoms with Crippen molar-refractivity contribution in [2.75, 3.05) is 10.6 Å². The molecular formula is C14H11IN4O. The van der Waals surface area contributed by atoms with E-state index in [0.29, 0.717) is 5.69 Å². The number of aromatic nitrogens is 2. The molecule has 3 aromatic rings. The lowest BCUT2D eigenvalue weighted by Crippen LogP contribution is -2.19. The Morgan fingerprint density at radius 1 is 1.05 bits per heavy atom. The van der Waals surface area contributed by atoms with Crippen LogP contribution in [-0.4, -0.2) is 16.0 Å². The fraction of sp³-hybridized carbons (Fsp3) is 0. The summed E-state index contributed by atoms with van der Waals surface area (Å²) in [6.45, 7) is 0. The molecule has 0 saturated carbocycles. The predicted molar refractivity (Wildman–Crippen MR) is 87.9 cm³/mol. The molecule has 1 aromatic heterocycles. The van der Waals surface area contributed by atoms with Crippen molar-refractivity contribution in [1.29, 1.82) is 0 Å². The van der Waals surface area contributed by atoms with Crippen molar-refractivity contribution in [2.24, 2.45) is 0 Å². The summed E-state index contributed by atoms with van der Waals surface area (Å²) in [7, 11) is 0. The molecule has 2 aromatic carbocycles. The van der Waals surface area contributed by atoms with Gasteiger partial charge in [-0.1, -0.05) is 0 Å². The minimum absolute atomic E-state index is 0.273. The molecule has 100 valence electrons. The molecule has 0 aliphatic heterocycles. The molecule has 0 atom stereocenters. The smallest absolute Gasteiger partial charge is 0.323 e. The fourth-order valence-electron chi connectivity index (χ4n) is 1.84. The number of amides is 2. The maximum Gasteiger partial charge on any atom is 0.323 e. The Morgan fingerprint density at radius 2 is 1.75 bits per heavy atom. The maximum atomic E-state index is 11.9. The normalized spacial score (nSPS) is 10.4. The van der Waals surface area contributed by atoms with E-state index in [4.69, 9.17) is 0 Å². The van der Waals surface area contributed by atoms with Crippen LogP contribution in [0.4, 0.5) is 16.2 Å². The Kier molecular flexibility index (Phi) is 3.55. The van der Waals surface area contributed by atoms with Crippen molar-refractivity contribution in [1.82, 2.24) is 9.97 Å². The van der Waals surface area contributed by atoms with Gasteiger partial charge in [0.2, 0.25) is 0 Å². The van der Waals surface area contributed by atoms with E-state index < -0.39 is 0 Å². The number of halogens is 1. The predicted octanol–water partition coefficient (Wildman–Crippen LogP) is 3.81. The van der Waals surface area contributed by atoms with Gasteiger partial charge in [-0.05, 0) is 65.1 Å².